The Morgan fingerprint density at radius 2 is 2.24 bits per heavy atom. The first-order valence-corrected chi connectivity index (χ1v) is 5.60. The Balaban J connectivity index is 2.47. The topological polar surface area (TPSA) is 52.3 Å². The van der Waals surface area contributed by atoms with Gasteiger partial charge < -0.3 is 10.5 Å². The van der Waals surface area contributed by atoms with Crippen LogP contribution in [0.15, 0.2) is 18.2 Å². The van der Waals surface area contributed by atoms with E-state index < -0.39 is 0 Å². The summed E-state index contributed by atoms with van der Waals surface area (Å²) in [6, 6.07) is 4.93. The van der Waals surface area contributed by atoms with E-state index in [0.717, 1.165) is 5.56 Å². The van der Waals surface area contributed by atoms with Gasteiger partial charge in [-0.3, -0.25) is 4.79 Å². The first kappa shape index (κ1) is 13.6. The van der Waals surface area contributed by atoms with E-state index in [2.05, 4.69) is 4.74 Å². The zero-order chi connectivity index (χ0) is 12.8. The van der Waals surface area contributed by atoms with Gasteiger partial charge in [0.2, 0.25) is 0 Å². The van der Waals surface area contributed by atoms with Crippen LogP contribution in [0.5, 0.6) is 0 Å². The summed E-state index contributed by atoms with van der Waals surface area (Å²) >= 11 is 0. The van der Waals surface area contributed by atoms with Crippen molar-refractivity contribution in [3.8, 4) is 0 Å². The molecule has 4 heteroatoms. The summed E-state index contributed by atoms with van der Waals surface area (Å²) in [5.41, 5.74) is 7.34. The predicted molar refractivity (Wildman–Crippen MR) is 64.1 cm³/mol. The molecule has 17 heavy (non-hydrogen) atoms. The molecule has 0 aliphatic heterocycles. The smallest absolute Gasteiger partial charge is 0.305 e. The number of halogens is 1. The second-order valence-corrected chi connectivity index (χ2v) is 4.16. The van der Waals surface area contributed by atoms with Crippen molar-refractivity contribution in [3.05, 3.63) is 35.1 Å². The highest BCUT2D eigenvalue weighted by atomic mass is 19.1. The molecule has 0 amide bonds. The Morgan fingerprint density at radius 3 is 2.82 bits per heavy atom. The highest BCUT2D eigenvalue weighted by Crippen LogP contribution is 2.12. The molecule has 0 spiro atoms. The normalized spacial score (nSPS) is 12.2. The van der Waals surface area contributed by atoms with Gasteiger partial charge in [0.05, 0.1) is 7.11 Å². The van der Waals surface area contributed by atoms with Crippen LogP contribution in [-0.4, -0.2) is 19.1 Å². The van der Waals surface area contributed by atoms with Gasteiger partial charge in [-0.15, -0.1) is 0 Å². The lowest BCUT2D eigenvalue weighted by molar-refractivity contribution is -0.140. The number of nitrogens with two attached hydrogens (primary N) is 1. The van der Waals surface area contributed by atoms with E-state index in [4.69, 9.17) is 5.73 Å². The molecule has 3 nitrogen and oxygen atoms in total. The van der Waals surface area contributed by atoms with Crippen LogP contribution in [0.3, 0.4) is 0 Å². The quantitative estimate of drug-likeness (QED) is 0.799. The first-order valence-electron chi connectivity index (χ1n) is 5.60. The van der Waals surface area contributed by atoms with Crippen molar-refractivity contribution in [2.24, 2.45) is 5.73 Å². The first-order chi connectivity index (χ1) is 8.02. The zero-order valence-electron chi connectivity index (χ0n) is 10.2. The minimum absolute atomic E-state index is 0.156. The highest BCUT2D eigenvalue weighted by molar-refractivity contribution is 5.69. The van der Waals surface area contributed by atoms with Gasteiger partial charge in [-0.25, -0.2) is 4.39 Å². The second-order valence-electron chi connectivity index (χ2n) is 4.16. The summed E-state index contributed by atoms with van der Waals surface area (Å²) < 4.78 is 17.8. The lowest BCUT2D eigenvalue weighted by atomic mass is 10.0. The Morgan fingerprint density at radius 1 is 1.53 bits per heavy atom. The Bertz CT molecular complexity index is 393. The molecular formula is C13H18FNO2. The van der Waals surface area contributed by atoms with E-state index >= 15 is 0 Å². The molecule has 0 saturated heterocycles. The van der Waals surface area contributed by atoms with E-state index in [1.54, 1.807) is 13.0 Å². The number of esters is 1. The third-order valence-corrected chi connectivity index (χ3v) is 2.68. The molecule has 0 heterocycles. The van der Waals surface area contributed by atoms with Crippen LogP contribution in [-0.2, 0) is 16.0 Å². The third-order valence-electron chi connectivity index (χ3n) is 2.68. The number of hydrogen-bond acceptors (Lipinski definition) is 3. The average molecular weight is 239 g/mol. The van der Waals surface area contributed by atoms with Crippen molar-refractivity contribution in [1.29, 1.82) is 0 Å². The van der Waals surface area contributed by atoms with Crippen LogP contribution < -0.4 is 5.73 Å². The van der Waals surface area contributed by atoms with E-state index in [9.17, 15) is 9.18 Å². The van der Waals surface area contributed by atoms with Crippen LogP contribution in [0.2, 0.25) is 0 Å². The standard InChI is InChI=1S/C13H18FNO2/c1-9-3-4-10(8-12(9)14)7-11(15)5-6-13(16)17-2/h3-4,8,11H,5-7,15H2,1-2H3. The van der Waals surface area contributed by atoms with Gasteiger partial charge in [-0.05, 0) is 37.0 Å². The highest BCUT2D eigenvalue weighted by Gasteiger charge is 2.09. The molecule has 0 aromatic heterocycles. The average Bonchev–Trinajstić information content (AvgIpc) is 2.31. The summed E-state index contributed by atoms with van der Waals surface area (Å²) in [4.78, 5) is 10.9. The Hall–Kier alpha value is -1.42. The molecule has 1 aromatic carbocycles. The summed E-state index contributed by atoms with van der Waals surface area (Å²) in [5, 5.41) is 0. The van der Waals surface area contributed by atoms with E-state index in [1.807, 2.05) is 6.07 Å². The maximum atomic E-state index is 13.3. The molecule has 0 radical (unpaired) electrons. The number of aryl methyl sites for hydroxylation is 1. The minimum atomic E-state index is -0.268. The largest absolute Gasteiger partial charge is 0.469 e. The number of rotatable bonds is 5. The number of benzene rings is 1. The molecule has 1 unspecified atom stereocenters. The Kier molecular flexibility index (Phi) is 5.10. The third kappa shape index (κ3) is 4.53. The molecule has 0 aliphatic rings. The van der Waals surface area contributed by atoms with Crippen LogP contribution >= 0.6 is 0 Å². The summed E-state index contributed by atoms with van der Waals surface area (Å²) in [7, 11) is 1.35. The fourth-order valence-electron chi connectivity index (χ4n) is 1.57. The van der Waals surface area contributed by atoms with Gasteiger partial charge in [0.15, 0.2) is 0 Å². The molecule has 1 rings (SSSR count). The second kappa shape index (κ2) is 6.35. The van der Waals surface area contributed by atoms with Crippen molar-refractivity contribution in [1.82, 2.24) is 0 Å². The van der Waals surface area contributed by atoms with Crippen molar-refractivity contribution >= 4 is 5.97 Å². The lowest BCUT2D eigenvalue weighted by Gasteiger charge is -2.11. The van der Waals surface area contributed by atoms with Crippen molar-refractivity contribution in [2.45, 2.75) is 32.2 Å². The molecule has 0 bridgehead atoms. The fourth-order valence-corrected chi connectivity index (χ4v) is 1.57. The predicted octanol–water partition coefficient (Wildman–Crippen LogP) is 1.96. The SMILES string of the molecule is COC(=O)CCC(N)Cc1ccc(C)c(F)c1. The fraction of sp³-hybridized carbons (Fsp3) is 0.462. The van der Waals surface area contributed by atoms with E-state index in [1.165, 1.54) is 13.2 Å². The van der Waals surface area contributed by atoms with Crippen molar-refractivity contribution < 1.29 is 13.9 Å². The maximum Gasteiger partial charge on any atom is 0.305 e. The molecule has 0 aliphatic carbocycles. The molecule has 1 atom stereocenters. The van der Waals surface area contributed by atoms with Crippen LogP contribution in [0.4, 0.5) is 4.39 Å². The summed E-state index contributed by atoms with van der Waals surface area (Å²) in [5.74, 6) is -0.488. The van der Waals surface area contributed by atoms with Gasteiger partial charge in [-0.2, -0.15) is 0 Å². The molecule has 1 aromatic rings. The van der Waals surface area contributed by atoms with Crippen LogP contribution in [0, 0.1) is 12.7 Å². The molecule has 2 N–H and O–H groups in total. The van der Waals surface area contributed by atoms with E-state index in [0.29, 0.717) is 24.8 Å². The number of hydrogen-bond donors (Lipinski definition) is 1. The van der Waals surface area contributed by atoms with Gasteiger partial charge in [0.25, 0.3) is 0 Å². The molecule has 94 valence electrons. The monoisotopic (exact) mass is 239 g/mol. The molecule has 0 saturated carbocycles. The maximum absolute atomic E-state index is 13.3. The van der Waals surface area contributed by atoms with Crippen LogP contribution in [0.25, 0.3) is 0 Å². The van der Waals surface area contributed by atoms with Crippen LogP contribution in [0.1, 0.15) is 24.0 Å². The number of carbonyl (C=O) groups excluding carboxylic acids is 1. The Labute approximate surface area is 101 Å². The zero-order valence-corrected chi connectivity index (χ0v) is 10.2. The van der Waals surface area contributed by atoms with Crippen molar-refractivity contribution in [3.63, 3.8) is 0 Å². The summed E-state index contributed by atoms with van der Waals surface area (Å²) in [6.07, 6.45) is 1.41. The number of methoxy groups -OCH3 is 1. The number of ether oxygens (including phenoxy) is 1. The number of carbonyl (C=O) groups is 1. The molecule has 0 fully saturated rings. The minimum Gasteiger partial charge on any atom is -0.469 e. The molecular weight excluding hydrogens is 221 g/mol. The van der Waals surface area contributed by atoms with Gasteiger partial charge >= 0.3 is 5.97 Å². The van der Waals surface area contributed by atoms with Gasteiger partial charge in [0.1, 0.15) is 5.82 Å². The van der Waals surface area contributed by atoms with E-state index in [-0.39, 0.29) is 17.8 Å². The summed E-state index contributed by atoms with van der Waals surface area (Å²) in [6.45, 7) is 1.72. The van der Waals surface area contributed by atoms with Gasteiger partial charge in [0, 0.05) is 12.5 Å². The van der Waals surface area contributed by atoms with Crippen molar-refractivity contribution in [2.75, 3.05) is 7.11 Å². The van der Waals surface area contributed by atoms with Gasteiger partial charge in [-0.1, -0.05) is 12.1 Å². The lowest BCUT2D eigenvalue weighted by Crippen LogP contribution is -2.24.